The molecule has 0 saturated carbocycles. The van der Waals surface area contributed by atoms with Gasteiger partial charge in [-0.05, 0) is 43.0 Å². The number of halogens is 1. The summed E-state index contributed by atoms with van der Waals surface area (Å²) in [5.41, 5.74) is 4.75. The van der Waals surface area contributed by atoms with Crippen molar-refractivity contribution in [2.24, 2.45) is 0 Å². The minimum Gasteiger partial charge on any atom is -0.495 e. The average Bonchev–Trinajstić information content (AvgIpc) is 2.57. The molecule has 0 aliphatic carbocycles. The molecule has 5 heteroatoms. The smallest absolute Gasteiger partial charge is 0.243 e. The molecule has 2 aromatic rings. The van der Waals surface area contributed by atoms with Crippen LogP contribution in [0, 0.1) is 13.8 Å². The van der Waals surface area contributed by atoms with E-state index in [2.05, 4.69) is 17.6 Å². The summed E-state index contributed by atoms with van der Waals surface area (Å²) in [5, 5.41) is 6.74. The van der Waals surface area contributed by atoms with Crippen LogP contribution in [0.1, 0.15) is 23.6 Å². The quantitative estimate of drug-likeness (QED) is 0.805. The standard InChI is InChI=1S/C19H23ClN2O2/c1-5-14-8-6-7-12(2)19(14)22-18(23)11-21-16-9-13(3)15(20)10-17(16)24-4/h6-10,21H,5,11H2,1-4H3,(H,22,23). The van der Waals surface area contributed by atoms with Gasteiger partial charge in [0.2, 0.25) is 5.91 Å². The number of anilines is 2. The predicted octanol–water partition coefficient (Wildman–Crippen LogP) is 4.58. The number of carbonyl (C=O) groups excluding carboxylic acids is 1. The van der Waals surface area contributed by atoms with Crippen LogP contribution in [0.25, 0.3) is 0 Å². The maximum Gasteiger partial charge on any atom is 0.243 e. The molecular weight excluding hydrogens is 324 g/mol. The van der Waals surface area contributed by atoms with E-state index in [-0.39, 0.29) is 12.5 Å². The van der Waals surface area contributed by atoms with Gasteiger partial charge in [0.15, 0.2) is 0 Å². The normalized spacial score (nSPS) is 10.4. The number of aryl methyl sites for hydroxylation is 3. The van der Waals surface area contributed by atoms with E-state index < -0.39 is 0 Å². The van der Waals surface area contributed by atoms with Gasteiger partial charge < -0.3 is 15.4 Å². The SMILES string of the molecule is CCc1cccc(C)c1NC(=O)CNc1cc(C)c(Cl)cc1OC. The summed E-state index contributed by atoms with van der Waals surface area (Å²) in [7, 11) is 1.58. The molecular formula is C19H23ClN2O2. The van der Waals surface area contributed by atoms with Crippen LogP contribution >= 0.6 is 11.6 Å². The minimum atomic E-state index is -0.103. The molecule has 0 radical (unpaired) electrons. The van der Waals surface area contributed by atoms with Gasteiger partial charge in [0.1, 0.15) is 5.75 Å². The van der Waals surface area contributed by atoms with Crippen LogP contribution in [-0.2, 0) is 11.2 Å². The zero-order valence-electron chi connectivity index (χ0n) is 14.5. The average molecular weight is 347 g/mol. The Bertz CT molecular complexity index is 744. The van der Waals surface area contributed by atoms with Crippen LogP contribution in [0.15, 0.2) is 30.3 Å². The van der Waals surface area contributed by atoms with E-state index in [1.165, 1.54) is 0 Å². The van der Waals surface area contributed by atoms with Crippen LogP contribution < -0.4 is 15.4 Å². The highest BCUT2D eigenvalue weighted by atomic mass is 35.5. The van der Waals surface area contributed by atoms with Gasteiger partial charge in [0, 0.05) is 16.8 Å². The Morgan fingerprint density at radius 2 is 1.96 bits per heavy atom. The first-order chi connectivity index (χ1) is 11.5. The molecule has 0 spiro atoms. The summed E-state index contributed by atoms with van der Waals surface area (Å²) in [6.07, 6.45) is 0.870. The van der Waals surface area contributed by atoms with Crippen molar-refractivity contribution in [2.75, 3.05) is 24.3 Å². The fourth-order valence-corrected chi connectivity index (χ4v) is 2.69. The fourth-order valence-electron chi connectivity index (χ4n) is 2.53. The number of benzene rings is 2. The van der Waals surface area contributed by atoms with Crippen LogP contribution in [0.4, 0.5) is 11.4 Å². The number of hydrogen-bond acceptors (Lipinski definition) is 3. The molecule has 4 nitrogen and oxygen atoms in total. The van der Waals surface area contributed by atoms with Crippen molar-refractivity contribution in [2.45, 2.75) is 27.2 Å². The van der Waals surface area contributed by atoms with Crippen LogP contribution in [0.5, 0.6) is 5.75 Å². The number of amides is 1. The summed E-state index contributed by atoms with van der Waals surface area (Å²) >= 11 is 6.10. The number of carbonyl (C=O) groups is 1. The second-order valence-corrected chi connectivity index (χ2v) is 6.07. The highest BCUT2D eigenvalue weighted by Crippen LogP contribution is 2.30. The van der Waals surface area contributed by atoms with Gasteiger partial charge in [-0.3, -0.25) is 4.79 Å². The molecule has 0 unspecified atom stereocenters. The first kappa shape index (κ1) is 18.1. The Morgan fingerprint density at radius 3 is 2.62 bits per heavy atom. The molecule has 2 rings (SSSR count). The molecule has 0 bridgehead atoms. The molecule has 0 saturated heterocycles. The van der Waals surface area contributed by atoms with E-state index in [9.17, 15) is 4.79 Å². The number of methoxy groups -OCH3 is 1. The zero-order valence-corrected chi connectivity index (χ0v) is 15.3. The van der Waals surface area contributed by atoms with Crippen molar-refractivity contribution in [3.05, 3.63) is 52.0 Å². The lowest BCUT2D eigenvalue weighted by molar-refractivity contribution is -0.114. The third-order valence-corrected chi connectivity index (χ3v) is 4.33. The number of para-hydroxylation sites is 1. The topological polar surface area (TPSA) is 50.4 Å². The lowest BCUT2D eigenvalue weighted by Gasteiger charge is -2.15. The van der Waals surface area contributed by atoms with Gasteiger partial charge in [-0.15, -0.1) is 0 Å². The van der Waals surface area contributed by atoms with Crippen LogP contribution in [0.2, 0.25) is 5.02 Å². The van der Waals surface area contributed by atoms with Crippen LogP contribution in [0.3, 0.4) is 0 Å². The van der Waals surface area contributed by atoms with E-state index in [0.717, 1.165) is 34.5 Å². The Hall–Kier alpha value is -2.20. The predicted molar refractivity (Wildman–Crippen MR) is 100 cm³/mol. The van der Waals surface area contributed by atoms with E-state index in [0.29, 0.717) is 10.8 Å². The van der Waals surface area contributed by atoms with Crippen molar-refractivity contribution < 1.29 is 9.53 Å². The second-order valence-electron chi connectivity index (χ2n) is 5.67. The van der Waals surface area contributed by atoms with Gasteiger partial charge in [0.25, 0.3) is 0 Å². The lowest BCUT2D eigenvalue weighted by atomic mass is 10.1. The maximum atomic E-state index is 12.3. The number of hydrogen-bond donors (Lipinski definition) is 2. The molecule has 1 amide bonds. The van der Waals surface area contributed by atoms with E-state index in [4.69, 9.17) is 16.3 Å². The molecule has 0 heterocycles. The zero-order chi connectivity index (χ0) is 17.7. The highest BCUT2D eigenvalue weighted by Gasteiger charge is 2.11. The summed E-state index contributed by atoms with van der Waals surface area (Å²) in [6, 6.07) is 9.65. The van der Waals surface area contributed by atoms with Gasteiger partial charge in [-0.1, -0.05) is 36.7 Å². The Labute approximate surface area is 148 Å². The van der Waals surface area contributed by atoms with Gasteiger partial charge >= 0.3 is 0 Å². The van der Waals surface area contributed by atoms with E-state index >= 15 is 0 Å². The fraction of sp³-hybridized carbons (Fsp3) is 0.316. The van der Waals surface area contributed by atoms with Gasteiger partial charge in [-0.25, -0.2) is 0 Å². The Kier molecular flexibility index (Phi) is 6.10. The van der Waals surface area contributed by atoms with Gasteiger partial charge in [0.05, 0.1) is 19.3 Å². The Morgan fingerprint density at radius 1 is 1.21 bits per heavy atom. The largest absolute Gasteiger partial charge is 0.495 e. The Balaban J connectivity index is 2.08. The molecule has 128 valence electrons. The monoisotopic (exact) mass is 346 g/mol. The molecule has 0 aromatic heterocycles. The summed E-state index contributed by atoms with van der Waals surface area (Å²) in [6.45, 7) is 6.13. The molecule has 2 N–H and O–H groups in total. The van der Waals surface area contributed by atoms with Crippen LogP contribution in [-0.4, -0.2) is 19.6 Å². The molecule has 0 aliphatic heterocycles. The van der Waals surface area contributed by atoms with E-state index in [1.807, 2.05) is 38.1 Å². The second kappa shape index (κ2) is 8.06. The molecule has 24 heavy (non-hydrogen) atoms. The third kappa shape index (κ3) is 4.20. The maximum absolute atomic E-state index is 12.3. The summed E-state index contributed by atoms with van der Waals surface area (Å²) in [5.74, 6) is 0.511. The highest BCUT2D eigenvalue weighted by molar-refractivity contribution is 6.31. The van der Waals surface area contributed by atoms with Crippen molar-refractivity contribution >= 4 is 28.9 Å². The lowest BCUT2D eigenvalue weighted by Crippen LogP contribution is -2.23. The summed E-state index contributed by atoms with van der Waals surface area (Å²) < 4.78 is 5.31. The van der Waals surface area contributed by atoms with E-state index in [1.54, 1.807) is 13.2 Å². The number of nitrogens with one attached hydrogen (secondary N) is 2. The number of ether oxygens (including phenoxy) is 1. The first-order valence-corrected chi connectivity index (χ1v) is 8.30. The molecule has 2 aromatic carbocycles. The van der Waals surface area contributed by atoms with Crippen molar-refractivity contribution in [3.8, 4) is 5.75 Å². The minimum absolute atomic E-state index is 0.103. The molecule has 0 atom stereocenters. The molecule has 0 fully saturated rings. The van der Waals surface area contributed by atoms with Gasteiger partial charge in [-0.2, -0.15) is 0 Å². The first-order valence-electron chi connectivity index (χ1n) is 7.92. The van der Waals surface area contributed by atoms with Crippen molar-refractivity contribution in [1.82, 2.24) is 0 Å². The summed E-state index contributed by atoms with van der Waals surface area (Å²) in [4.78, 5) is 12.3. The number of rotatable bonds is 6. The molecule has 0 aliphatic rings. The van der Waals surface area contributed by atoms with Crippen molar-refractivity contribution in [1.29, 1.82) is 0 Å². The third-order valence-electron chi connectivity index (χ3n) is 3.92. The van der Waals surface area contributed by atoms with Crippen molar-refractivity contribution in [3.63, 3.8) is 0 Å².